The molecule has 0 saturated carbocycles. The first kappa shape index (κ1) is 14.5. The molecule has 2 nitrogen and oxygen atoms in total. The van der Waals surface area contributed by atoms with Crippen molar-refractivity contribution in [3.63, 3.8) is 0 Å². The lowest BCUT2D eigenvalue weighted by Gasteiger charge is -2.28. The SMILES string of the molecule is C#Cc1ccc([Si](C)(C)C(C)C(=O)OCC)cc1. The van der Waals surface area contributed by atoms with Gasteiger partial charge >= 0.3 is 5.97 Å². The Bertz CT molecular complexity index is 454. The third kappa shape index (κ3) is 3.02. The molecular weight excluding hydrogens is 240 g/mol. The summed E-state index contributed by atoms with van der Waals surface area (Å²) in [6, 6.07) is 7.94. The van der Waals surface area contributed by atoms with Crippen LogP contribution in [0.3, 0.4) is 0 Å². The summed E-state index contributed by atoms with van der Waals surface area (Å²) in [5, 5.41) is 1.22. The Balaban J connectivity index is 2.97. The van der Waals surface area contributed by atoms with Crippen LogP contribution in [0.4, 0.5) is 0 Å². The maximum atomic E-state index is 11.9. The zero-order valence-electron chi connectivity index (χ0n) is 11.5. The summed E-state index contributed by atoms with van der Waals surface area (Å²) in [6.45, 7) is 8.59. The fourth-order valence-corrected chi connectivity index (χ4v) is 4.01. The lowest BCUT2D eigenvalue weighted by atomic mass is 10.2. The summed E-state index contributed by atoms with van der Waals surface area (Å²) in [4.78, 5) is 11.9. The van der Waals surface area contributed by atoms with Gasteiger partial charge in [-0.1, -0.05) is 43.3 Å². The molecule has 0 saturated heterocycles. The van der Waals surface area contributed by atoms with Crippen molar-refractivity contribution >= 4 is 19.2 Å². The molecule has 0 aliphatic rings. The minimum absolute atomic E-state index is 0.0610. The van der Waals surface area contributed by atoms with Gasteiger partial charge in [-0.3, -0.25) is 4.79 Å². The van der Waals surface area contributed by atoms with E-state index < -0.39 is 8.07 Å². The highest BCUT2D eigenvalue weighted by Gasteiger charge is 2.36. The Kier molecular flexibility index (Phi) is 4.74. The number of esters is 1. The van der Waals surface area contributed by atoms with Gasteiger partial charge in [-0.05, 0) is 19.1 Å². The molecule has 0 bridgehead atoms. The number of carbonyl (C=O) groups excluding carboxylic acids is 1. The molecule has 0 aromatic heterocycles. The van der Waals surface area contributed by atoms with Crippen LogP contribution in [0.15, 0.2) is 24.3 Å². The lowest BCUT2D eigenvalue weighted by Crippen LogP contribution is -2.48. The molecular formula is C15H20O2Si. The van der Waals surface area contributed by atoms with E-state index in [9.17, 15) is 4.79 Å². The molecule has 96 valence electrons. The van der Waals surface area contributed by atoms with Crippen LogP contribution in [0.25, 0.3) is 0 Å². The topological polar surface area (TPSA) is 26.3 Å². The summed E-state index contributed by atoms with van der Waals surface area (Å²) >= 11 is 0. The Morgan fingerprint density at radius 2 is 1.94 bits per heavy atom. The molecule has 1 atom stereocenters. The number of rotatable bonds is 4. The van der Waals surface area contributed by atoms with Crippen LogP contribution in [0.5, 0.6) is 0 Å². The van der Waals surface area contributed by atoms with E-state index in [0.29, 0.717) is 6.61 Å². The largest absolute Gasteiger partial charge is 0.466 e. The van der Waals surface area contributed by atoms with Crippen LogP contribution in [0.2, 0.25) is 18.6 Å². The predicted molar refractivity (Wildman–Crippen MR) is 77.6 cm³/mol. The second-order valence-electron chi connectivity index (χ2n) is 4.92. The number of hydrogen-bond donors (Lipinski definition) is 0. The number of benzene rings is 1. The smallest absolute Gasteiger partial charge is 0.306 e. The van der Waals surface area contributed by atoms with Crippen LogP contribution in [-0.4, -0.2) is 20.7 Å². The number of carbonyl (C=O) groups is 1. The van der Waals surface area contributed by atoms with E-state index in [-0.39, 0.29) is 11.5 Å². The maximum absolute atomic E-state index is 11.9. The highest BCUT2D eigenvalue weighted by atomic mass is 28.3. The third-order valence-corrected chi connectivity index (χ3v) is 7.74. The van der Waals surface area contributed by atoms with Gasteiger partial charge in [0.05, 0.1) is 20.2 Å². The van der Waals surface area contributed by atoms with Crippen molar-refractivity contribution in [3.8, 4) is 12.3 Å². The van der Waals surface area contributed by atoms with Crippen molar-refractivity contribution in [2.24, 2.45) is 0 Å². The molecule has 0 radical (unpaired) electrons. The molecule has 1 rings (SSSR count). The van der Waals surface area contributed by atoms with Crippen LogP contribution in [0.1, 0.15) is 19.4 Å². The molecule has 0 heterocycles. The third-order valence-electron chi connectivity index (χ3n) is 3.52. The molecule has 0 aliphatic heterocycles. The fraction of sp³-hybridized carbons (Fsp3) is 0.400. The van der Waals surface area contributed by atoms with Gasteiger partial charge in [-0.25, -0.2) is 0 Å². The van der Waals surface area contributed by atoms with E-state index in [1.165, 1.54) is 5.19 Å². The summed E-state index contributed by atoms with van der Waals surface area (Å²) in [6.07, 6.45) is 5.34. The Labute approximate surface area is 110 Å². The number of ether oxygens (including phenoxy) is 1. The Hall–Kier alpha value is -1.53. The van der Waals surface area contributed by atoms with Crippen molar-refractivity contribution in [2.75, 3.05) is 6.61 Å². The molecule has 1 aromatic carbocycles. The van der Waals surface area contributed by atoms with Crippen LogP contribution in [-0.2, 0) is 9.53 Å². The zero-order valence-corrected chi connectivity index (χ0v) is 12.5. The first-order valence-electron chi connectivity index (χ1n) is 6.17. The number of terminal acetylenes is 1. The van der Waals surface area contributed by atoms with E-state index in [1.54, 1.807) is 0 Å². The molecule has 18 heavy (non-hydrogen) atoms. The molecule has 3 heteroatoms. The van der Waals surface area contributed by atoms with Gasteiger partial charge in [0.25, 0.3) is 0 Å². The van der Waals surface area contributed by atoms with Crippen LogP contribution < -0.4 is 5.19 Å². The Morgan fingerprint density at radius 3 is 2.39 bits per heavy atom. The van der Waals surface area contributed by atoms with Crippen LogP contribution >= 0.6 is 0 Å². The van der Waals surface area contributed by atoms with E-state index in [2.05, 4.69) is 19.0 Å². The molecule has 0 fully saturated rings. The van der Waals surface area contributed by atoms with E-state index in [1.807, 2.05) is 38.1 Å². The van der Waals surface area contributed by atoms with Crippen LogP contribution in [0, 0.1) is 12.3 Å². The van der Waals surface area contributed by atoms with E-state index in [4.69, 9.17) is 11.2 Å². The van der Waals surface area contributed by atoms with Crippen molar-refractivity contribution in [1.29, 1.82) is 0 Å². The summed E-state index contributed by atoms with van der Waals surface area (Å²) in [5.41, 5.74) is 0.807. The van der Waals surface area contributed by atoms with Gasteiger partial charge in [0, 0.05) is 5.56 Å². The van der Waals surface area contributed by atoms with Gasteiger partial charge in [-0.2, -0.15) is 0 Å². The fourth-order valence-electron chi connectivity index (χ4n) is 1.81. The monoisotopic (exact) mass is 260 g/mol. The second-order valence-corrected chi connectivity index (χ2v) is 9.80. The van der Waals surface area contributed by atoms with Gasteiger partial charge in [0.2, 0.25) is 0 Å². The van der Waals surface area contributed by atoms with Gasteiger partial charge in [-0.15, -0.1) is 6.42 Å². The summed E-state index contributed by atoms with van der Waals surface area (Å²) < 4.78 is 5.12. The minimum atomic E-state index is -1.86. The van der Waals surface area contributed by atoms with Gasteiger partial charge < -0.3 is 4.74 Å². The van der Waals surface area contributed by atoms with E-state index in [0.717, 1.165) is 5.56 Å². The normalized spacial score (nSPS) is 12.6. The average molecular weight is 260 g/mol. The average Bonchev–Trinajstić information content (AvgIpc) is 2.38. The maximum Gasteiger partial charge on any atom is 0.306 e. The first-order valence-corrected chi connectivity index (χ1v) is 9.25. The number of hydrogen-bond acceptors (Lipinski definition) is 2. The van der Waals surface area contributed by atoms with Gasteiger partial charge in [0.15, 0.2) is 0 Å². The molecule has 0 N–H and O–H groups in total. The van der Waals surface area contributed by atoms with Gasteiger partial charge in [0.1, 0.15) is 0 Å². The second kappa shape index (κ2) is 5.88. The van der Waals surface area contributed by atoms with Crippen molar-refractivity contribution in [1.82, 2.24) is 0 Å². The molecule has 0 aliphatic carbocycles. The zero-order chi connectivity index (χ0) is 13.8. The predicted octanol–water partition coefficient (Wildman–Crippen LogP) is 2.54. The van der Waals surface area contributed by atoms with Crippen molar-refractivity contribution < 1.29 is 9.53 Å². The standard InChI is InChI=1S/C15H20O2Si/c1-6-13-8-10-14(11-9-13)18(4,5)12(3)15(16)17-7-2/h1,8-12H,7H2,2-5H3. The molecule has 0 spiro atoms. The minimum Gasteiger partial charge on any atom is -0.466 e. The first-order chi connectivity index (χ1) is 8.43. The van der Waals surface area contributed by atoms with E-state index >= 15 is 0 Å². The highest BCUT2D eigenvalue weighted by molar-refractivity contribution is 6.93. The molecule has 1 unspecified atom stereocenters. The highest BCUT2D eigenvalue weighted by Crippen LogP contribution is 2.22. The molecule has 1 aromatic rings. The van der Waals surface area contributed by atoms with Crippen molar-refractivity contribution in [2.45, 2.75) is 32.5 Å². The lowest BCUT2D eigenvalue weighted by molar-refractivity contribution is -0.142. The quantitative estimate of drug-likeness (QED) is 0.472. The van der Waals surface area contributed by atoms with Crippen molar-refractivity contribution in [3.05, 3.63) is 29.8 Å². The Morgan fingerprint density at radius 1 is 1.39 bits per heavy atom. The molecule has 0 amide bonds. The summed E-state index contributed by atoms with van der Waals surface area (Å²) in [5.74, 6) is 2.50. The summed E-state index contributed by atoms with van der Waals surface area (Å²) in [7, 11) is -1.86.